The summed E-state index contributed by atoms with van der Waals surface area (Å²) in [6, 6.07) is 0. The SMILES string of the molecule is CC(SCc1nccn1C(F)F)C(=O)O. The van der Waals surface area contributed by atoms with Crippen LogP contribution in [0.25, 0.3) is 0 Å². The second-order valence-corrected chi connectivity index (χ2v) is 4.15. The van der Waals surface area contributed by atoms with Gasteiger partial charge in [0.05, 0.1) is 11.0 Å². The highest BCUT2D eigenvalue weighted by molar-refractivity contribution is 7.99. The molecule has 0 spiro atoms. The van der Waals surface area contributed by atoms with Crippen molar-refractivity contribution in [1.29, 1.82) is 0 Å². The molecule has 0 aliphatic rings. The van der Waals surface area contributed by atoms with Crippen LogP contribution in [-0.2, 0) is 10.5 Å². The van der Waals surface area contributed by atoms with Gasteiger partial charge >= 0.3 is 12.5 Å². The topological polar surface area (TPSA) is 55.1 Å². The van der Waals surface area contributed by atoms with Gasteiger partial charge in [0.25, 0.3) is 0 Å². The lowest BCUT2D eigenvalue weighted by atomic mass is 10.5. The highest BCUT2D eigenvalue weighted by atomic mass is 32.2. The summed E-state index contributed by atoms with van der Waals surface area (Å²) in [4.78, 5) is 14.2. The summed E-state index contributed by atoms with van der Waals surface area (Å²) in [7, 11) is 0. The first-order valence-electron chi connectivity index (χ1n) is 4.16. The number of rotatable bonds is 5. The Morgan fingerprint density at radius 1 is 1.73 bits per heavy atom. The van der Waals surface area contributed by atoms with Crippen LogP contribution in [0.1, 0.15) is 19.3 Å². The number of aromatic nitrogens is 2. The molecule has 0 radical (unpaired) electrons. The molecule has 84 valence electrons. The molecular weight excluding hydrogens is 226 g/mol. The van der Waals surface area contributed by atoms with Crippen molar-refractivity contribution in [3.63, 3.8) is 0 Å². The minimum Gasteiger partial charge on any atom is -0.480 e. The van der Waals surface area contributed by atoms with Gasteiger partial charge < -0.3 is 5.11 Å². The molecule has 1 heterocycles. The molecule has 1 aromatic heterocycles. The highest BCUT2D eigenvalue weighted by Gasteiger charge is 2.15. The van der Waals surface area contributed by atoms with Crippen LogP contribution in [0.3, 0.4) is 0 Å². The number of carboxylic acids is 1. The van der Waals surface area contributed by atoms with Gasteiger partial charge in [-0.1, -0.05) is 0 Å². The third-order valence-electron chi connectivity index (χ3n) is 1.77. The van der Waals surface area contributed by atoms with Gasteiger partial charge in [0.2, 0.25) is 0 Å². The molecule has 1 aromatic rings. The molecule has 7 heteroatoms. The highest BCUT2D eigenvalue weighted by Crippen LogP contribution is 2.20. The first-order valence-corrected chi connectivity index (χ1v) is 5.21. The van der Waals surface area contributed by atoms with Crippen molar-refractivity contribution in [3.05, 3.63) is 18.2 Å². The first kappa shape index (κ1) is 12.0. The predicted molar refractivity (Wildman–Crippen MR) is 51.9 cm³/mol. The summed E-state index contributed by atoms with van der Waals surface area (Å²) in [6.07, 6.45) is 2.44. The van der Waals surface area contributed by atoms with E-state index in [-0.39, 0.29) is 11.6 Å². The molecule has 1 rings (SSSR count). The number of hydrogen-bond donors (Lipinski definition) is 1. The molecule has 0 aromatic carbocycles. The fraction of sp³-hybridized carbons (Fsp3) is 0.500. The van der Waals surface area contributed by atoms with Crippen molar-refractivity contribution >= 4 is 17.7 Å². The van der Waals surface area contributed by atoms with Crippen molar-refractivity contribution < 1.29 is 18.7 Å². The van der Waals surface area contributed by atoms with E-state index in [1.165, 1.54) is 19.3 Å². The lowest BCUT2D eigenvalue weighted by molar-refractivity contribution is -0.136. The average Bonchev–Trinajstić information content (AvgIpc) is 2.61. The van der Waals surface area contributed by atoms with E-state index in [4.69, 9.17) is 5.11 Å². The second-order valence-electron chi connectivity index (χ2n) is 2.82. The molecule has 0 saturated heterocycles. The van der Waals surface area contributed by atoms with E-state index in [2.05, 4.69) is 4.98 Å². The first-order chi connectivity index (χ1) is 7.02. The van der Waals surface area contributed by atoms with Crippen molar-refractivity contribution in [2.24, 2.45) is 0 Å². The van der Waals surface area contributed by atoms with E-state index in [0.717, 1.165) is 16.3 Å². The van der Waals surface area contributed by atoms with E-state index < -0.39 is 17.8 Å². The van der Waals surface area contributed by atoms with Gasteiger partial charge in [-0.15, -0.1) is 11.8 Å². The van der Waals surface area contributed by atoms with E-state index in [9.17, 15) is 13.6 Å². The standard InChI is InChI=1S/C8H10F2N2O2S/c1-5(7(13)14)15-4-6-11-2-3-12(6)8(9)10/h2-3,5,8H,4H2,1H3,(H,13,14). The quantitative estimate of drug-likeness (QED) is 0.849. The summed E-state index contributed by atoms with van der Waals surface area (Å²) < 4.78 is 25.4. The van der Waals surface area contributed by atoms with E-state index >= 15 is 0 Å². The molecule has 0 bridgehead atoms. The minimum atomic E-state index is -2.64. The van der Waals surface area contributed by atoms with Crippen LogP contribution in [0.15, 0.2) is 12.4 Å². The predicted octanol–water partition coefficient (Wildman–Crippen LogP) is 1.98. The van der Waals surface area contributed by atoms with Gasteiger partial charge in [-0.3, -0.25) is 9.36 Å². The number of carbonyl (C=O) groups is 1. The maximum atomic E-state index is 12.3. The van der Waals surface area contributed by atoms with Gasteiger partial charge in [0.15, 0.2) is 0 Å². The van der Waals surface area contributed by atoms with Gasteiger partial charge in [0, 0.05) is 12.4 Å². The van der Waals surface area contributed by atoms with E-state index in [1.54, 1.807) is 0 Å². The Labute approximate surface area is 89.3 Å². The molecule has 0 aliphatic carbocycles. The van der Waals surface area contributed by atoms with Crippen LogP contribution in [0.5, 0.6) is 0 Å². The molecule has 0 saturated carbocycles. The van der Waals surface area contributed by atoms with Crippen LogP contribution < -0.4 is 0 Å². The van der Waals surface area contributed by atoms with Crippen molar-refractivity contribution in [2.75, 3.05) is 0 Å². The van der Waals surface area contributed by atoms with Crippen LogP contribution in [-0.4, -0.2) is 25.9 Å². The number of carboxylic acid groups (broad SMARTS) is 1. The lowest BCUT2D eigenvalue weighted by Crippen LogP contribution is -2.12. The normalized spacial score (nSPS) is 13.1. The Hall–Kier alpha value is -1.11. The summed E-state index contributed by atoms with van der Waals surface area (Å²) in [5, 5.41) is 7.96. The Balaban J connectivity index is 2.57. The van der Waals surface area contributed by atoms with Crippen molar-refractivity contribution in [3.8, 4) is 0 Å². The summed E-state index contributed by atoms with van der Waals surface area (Å²) >= 11 is 1.06. The molecule has 0 amide bonds. The third-order valence-corrected chi connectivity index (χ3v) is 2.90. The average molecular weight is 236 g/mol. The summed E-state index contributed by atoms with van der Waals surface area (Å²) in [5.74, 6) is -0.622. The monoisotopic (exact) mass is 236 g/mol. The van der Waals surface area contributed by atoms with Crippen LogP contribution >= 0.6 is 11.8 Å². The largest absolute Gasteiger partial charge is 0.480 e. The maximum Gasteiger partial charge on any atom is 0.319 e. The zero-order valence-corrected chi connectivity index (χ0v) is 8.75. The molecule has 0 aliphatic heterocycles. The number of nitrogens with zero attached hydrogens (tertiary/aromatic N) is 2. The minimum absolute atomic E-state index is 0.158. The van der Waals surface area contributed by atoms with Gasteiger partial charge in [-0.25, -0.2) is 4.98 Å². The smallest absolute Gasteiger partial charge is 0.319 e. The Bertz CT molecular complexity index is 343. The fourth-order valence-corrected chi connectivity index (χ4v) is 1.67. The second kappa shape index (κ2) is 5.11. The lowest BCUT2D eigenvalue weighted by Gasteiger charge is -2.07. The molecule has 1 N–H and O–H groups in total. The fourth-order valence-electron chi connectivity index (χ4n) is 0.904. The maximum absolute atomic E-state index is 12.3. The van der Waals surface area contributed by atoms with E-state index in [1.807, 2.05) is 0 Å². The van der Waals surface area contributed by atoms with Crippen LogP contribution in [0, 0.1) is 0 Å². The van der Waals surface area contributed by atoms with Gasteiger partial charge in [-0.05, 0) is 6.92 Å². The molecular formula is C8H10F2N2O2S. The van der Waals surface area contributed by atoms with Crippen molar-refractivity contribution in [1.82, 2.24) is 9.55 Å². The molecule has 4 nitrogen and oxygen atoms in total. The Kier molecular flexibility index (Phi) is 4.07. The molecule has 15 heavy (non-hydrogen) atoms. The number of alkyl halides is 2. The zero-order valence-electron chi connectivity index (χ0n) is 7.93. The number of imidazole rings is 1. The molecule has 0 fully saturated rings. The number of hydrogen-bond acceptors (Lipinski definition) is 3. The van der Waals surface area contributed by atoms with E-state index in [0.29, 0.717) is 0 Å². The van der Waals surface area contributed by atoms with Crippen molar-refractivity contribution in [2.45, 2.75) is 24.5 Å². The summed E-state index contributed by atoms with van der Waals surface area (Å²) in [6.45, 7) is -1.13. The summed E-state index contributed by atoms with van der Waals surface area (Å²) in [5.41, 5.74) is 0. The number of halogens is 2. The Morgan fingerprint density at radius 2 is 2.40 bits per heavy atom. The van der Waals surface area contributed by atoms with Crippen LogP contribution in [0.2, 0.25) is 0 Å². The zero-order chi connectivity index (χ0) is 11.4. The van der Waals surface area contributed by atoms with Gasteiger partial charge in [-0.2, -0.15) is 8.78 Å². The third kappa shape index (κ3) is 3.19. The van der Waals surface area contributed by atoms with Crippen LogP contribution in [0.4, 0.5) is 8.78 Å². The van der Waals surface area contributed by atoms with Gasteiger partial charge in [0.1, 0.15) is 5.82 Å². The number of thioether (sulfide) groups is 1. The number of aliphatic carboxylic acids is 1. The molecule has 1 unspecified atom stereocenters. The Morgan fingerprint density at radius 3 is 2.93 bits per heavy atom. The molecule has 1 atom stereocenters.